The Labute approximate surface area is 178 Å². The molecule has 1 aromatic rings. The highest BCUT2D eigenvalue weighted by Gasteiger charge is 2.47. The van der Waals surface area contributed by atoms with Crippen molar-refractivity contribution in [1.29, 1.82) is 0 Å². The number of nitrogens with zero attached hydrogens (tertiary/aromatic N) is 1. The molecule has 164 valence electrons. The smallest absolute Gasteiger partial charge is 0.287 e. The molecule has 10 nitrogen and oxygen atoms in total. The normalized spacial score (nSPS) is 28.4. The predicted octanol–water partition coefficient (Wildman–Crippen LogP) is 0.574. The molecule has 1 saturated heterocycles. The Bertz CT molecular complexity index is 1140. The van der Waals surface area contributed by atoms with E-state index in [1.165, 1.54) is 5.38 Å². The molecule has 30 heavy (non-hydrogen) atoms. The summed E-state index contributed by atoms with van der Waals surface area (Å²) >= 11 is 1.05. The summed E-state index contributed by atoms with van der Waals surface area (Å²) in [6.45, 7) is -0.205. The van der Waals surface area contributed by atoms with Crippen molar-refractivity contribution >= 4 is 53.9 Å². The van der Waals surface area contributed by atoms with Crippen LogP contribution in [0.5, 0.6) is 0 Å². The molecule has 0 radical (unpaired) electrons. The molecule has 1 unspecified atom stereocenters. The molecule has 3 heterocycles. The van der Waals surface area contributed by atoms with Crippen LogP contribution < -0.4 is 15.4 Å². The second kappa shape index (κ2) is 7.70. The van der Waals surface area contributed by atoms with Crippen molar-refractivity contribution < 1.29 is 26.4 Å². The van der Waals surface area contributed by atoms with Crippen molar-refractivity contribution in [2.24, 2.45) is 16.2 Å². The molecule has 4 rings (SSSR count). The molecule has 3 atom stereocenters. The number of amidine groups is 1. The highest BCUT2D eigenvalue weighted by Crippen LogP contribution is 2.39. The van der Waals surface area contributed by atoms with Gasteiger partial charge < -0.3 is 10.6 Å². The van der Waals surface area contributed by atoms with Crippen LogP contribution in [0.2, 0.25) is 0 Å². The van der Waals surface area contributed by atoms with E-state index >= 15 is 0 Å². The van der Waals surface area contributed by atoms with Gasteiger partial charge in [-0.1, -0.05) is 19.3 Å². The first-order valence-electron chi connectivity index (χ1n) is 9.58. The van der Waals surface area contributed by atoms with Gasteiger partial charge >= 0.3 is 0 Å². The van der Waals surface area contributed by atoms with Gasteiger partial charge in [-0.25, -0.2) is 13.1 Å². The number of thiophene rings is 1. The van der Waals surface area contributed by atoms with Gasteiger partial charge in [0.05, 0.1) is 6.26 Å². The van der Waals surface area contributed by atoms with E-state index in [0.29, 0.717) is 6.42 Å². The first-order chi connectivity index (χ1) is 14.1. The third kappa shape index (κ3) is 4.03. The maximum Gasteiger partial charge on any atom is 0.287 e. The Balaban J connectivity index is 1.64. The Morgan fingerprint density at radius 2 is 1.97 bits per heavy atom. The van der Waals surface area contributed by atoms with Gasteiger partial charge in [0.25, 0.3) is 10.0 Å². The average Bonchev–Trinajstić information content (AvgIpc) is 2.90. The van der Waals surface area contributed by atoms with Crippen LogP contribution in [-0.2, 0) is 36.2 Å². The standard InChI is InChI=1S/C17H22N4O6S3/c1-29(24,25)18-7-9-8-28-17-14(9)30(26,27)21-15(20-17)12-13(22)10-5-3-2-4-6-11(10)19-16(12)23/h8,10-12,18H,2-7H2,1H3,(H,19,23)(H,20,21)/t10-,11+,12?/m1/s1. The topological polar surface area (TPSA) is 151 Å². The Kier molecular flexibility index (Phi) is 5.49. The van der Waals surface area contributed by atoms with Crippen molar-refractivity contribution in [3.05, 3.63) is 10.9 Å². The van der Waals surface area contributed by atoms with E-state index in [2.05, 4.69) is 19.8 Å². The molecule has 1 saturated carbocycles. The van der Waals surface area contributed by atoms with Crippen LogP contribution in [0, 0.1) is 11.8 Å². The lowest BCUT2D eigenvalue weighted by Crippen LogP contribution is -2.58. The highest BCUT2D eigenvalue weighted by atomic mass is 32.2. The summed E-state index contributed by atoms with van der Waals surface area (Å²) in [5, 5.41) is 7.45. The van der Waals surface area contributed by atoms with Crippen molar-refractivity contribution in [3.63, 3.8) is 0 Å². The van der Waals surface area contributed by atoms with Crippen molar-refractivity contribution in [1.82, 2.24) is 10.0 Å². The quantitative estimate of drug-likeness (QED) is 0.540. The molecule has 3 N–H and O–H groups in total. The SMILES string of the molecule is CS(=O)(=O)NCc1csc2c1S(=O)(=O)N=C(C1C(=O)N[C@H]3CCCCC[C@H]3C1=O)N2. The van der Waals surface area contributed by atoms with E-state index in [9.17, 15) is 26.4 Å². The molecule has 3 aliphatic rings. The lowest BCUT2D eigenvalue weighted by atomic mass is 9.79. The molecule has 0 bridgehead atoms. The number of amides is 1. The lowest BCUT2D eigenvalue weighted by Gasteiger charge is -2.35. The summed E-state index contributed by atoms with van der Waals surface area (Å²) in [5.74, 6) is -2.68. The van der Waals surface area contributed by atoms with E-state index in [4.69, 9.17) is 0 Å². The first kappa shape index (κ1) is 21.4. The summed E-state index contributed by atoms with van der Waals surface area (Å²) in [6, 6.07) is -0.212. The second-order valence-corrected chi connectivity index (χ2v) is 12.0. The van der Waals surface area contributed by atoms with E-state index in [1.54, 1.807) is 0 Å². The number of hydrogen-bond donors (Lipinski definition) is 3. The molecule has 2 fully saturated rings. The van der Waals surface area contributed by atoms with Crippen LogP contribution in [0.25, 0.3) is 0 Å². The summed E-state index contributed by atoms with van der Waals surface area (Å²) in [6.07, 6.45) is 5.19. The summed E-state index contributed by atoms with van der Waals surface area (Å²) < 4.78 is 54.4. The molecule has 0 spiro atoms. The Hall–Kier alpha value is -1.83. The van der Waals surface area contributed by atoms with Crippen LogP contribution in [0.3, 0.4) is 0 Å². The van der Waals surface area contributed by atoms with E-state index in [0.717, 1.165) is 43.3 Å². The monoisotopic (exact) mass is 474 g/mol. The van der Waals surface area contributed by atoms with Crippen molar-refractivity contribution in [3.8, 4) is 0 Å². The number of hydrogen-bond acceptors (Lipinski definition) is 8. The minimum absolute atomic E-state index is 0.136. The van der Waals surface area contributed by atoms with E-state index in [-0.39, 0.29) is 45.6 Å². The van der Waals surface area contributed by atoms with E-state index < -0.39 is 31.9 Å². The fraction of sp³-hybridized carbons (Fsp3) is 0.588. The number of piperidine rings is 1. The van der Waals surface area contributed by atoms with Crippen LogP contribution >= 0.6 is 11.3 Å². The zero-order valence-corrected chi connectivity index (χ0v) is 18.6. The number of fused-ring (bicyclic) bond motifs is 2. The number of sulfonamides is 2. The van der Waals surface area contributed by atoms with Crippen LogP contribution in [0.15, 0.2) is 14.7 Å². The van der Waals surface area contributed by atoms with Crippen LogP contribution in [0.1, 0.15) is 37.7 Å². The molecule has 2 aliphatic heterocycles. The number of carbonyl (C=O) groups excluding carboxylic acids is 2. The molecule has 1 aliphatic carbocycles. The maximum absolute atomic E-state index is 13.1. The van der Waals surface area contributed by atoms with Gasteiger partial charge in [-0.15, -0.1) is 15.7 Å². The minimum Gasteiger partial charge on any atom is -0.352 e. The zero-order valence-electron chi connectivity index (χ0n) is 16.2. The molecular formula is C17H22N4O6S3. The Morgan fingerprint density at radius 1 is 1.23 bits per heavy atom. The number of Topliss-reactive ketones (excluding diaryl/α,β-unsaturated/α-hetero) is 1. The van der Waals surface area contributed by atoms with Crippen LogP contribution in [-0.4, -0.2) is 46.7 Å². The average molecular weight is 475 g/mol. The largest absolute Gasteiger partial charge is 0.352 e. The summed E-state index contributed by atoms with van der Waals surface area (Å²) in [5.41, 5.74) is 0.249. The van der Waals surface area contributed by atoms with Crippen LogP contribution in [0.4, 0.5) is 5.00 Å². The van der Waals surface area contributed by atoms with Gasteiger partial charge in [0.15, 0.2) is 11.7 Å². The van der Waals surface area contributed by atoms with Crippen molar-refractivity contribution in [2.45, 2.75) is 49.6 Å². The van der Waals surface area contributed by atoms with Gasteiger partial charge in [-0.3, -0.25) is 9.59 Å². The van der Waals surface area contributed by atoms with Gasteiger partial charge in [-0.05, 0) is 18.2 Å². The maximum atomic E-state index is 13.1. The molecule has 13 heteroatoms. The highest BCUT2D eigenvalue weighted by molar-refractivity contribution is 7.91. The van der Waals surface area contributed by atoms with Gasteiger partial charge in [0.2, 0.25) is 15.9 Å². The molecular weight excluding hydrogens is 452 g/mol. The third-order valence-corrected chi connectivity index (χ3v) is 8.75. The fourth-order valence-corrected chi connectivity index (χ4v) is 7.28. The van der Waals surface area contributed by atoms with E-state index in [1.807, 2.05) is 0 Å². The zero-order chi connectivity index (χ0) is 21.7. The first-order valence-corrected chi connectivity index (χ1v) is 13.8. The fourth-order valence-electron chi connectivity index (χ4n) is 4.21. The second-order valence-electron chi connectivity index (χ2n) is 7.78. The molecule has 1 amide bonds. The number of ketones is 1. The Morgan fingerprint density at radius 3 is 2.70 bits per heavy atom. The van der Waals surface area contributed by atoms with Gasteiger partial charge in [-0.2, -0.15) is 8.42 Å². The van der Waals surface area contributed by atoms with Gasteiger partial charge in [0.1, 0.15) is 15.7 Å². The number of nitrogens with one attached hydrogen (secondary N) is 3. The molecule has 0 aromatic carbocycles. The molecule has 1 aromatic heterocycles. The summed E-state index contributed by atoms with van der Waals surface area (Å²) in [7, 11) is -7.72. The van der Waals surface area contributed by atoms with Gasteiger partial charge in [0, 0.05) is 24.1 Å². The minimum atomic E-state index is -4.21. The predicted molar refractivity (Wildman–Crippen MR) is 111 cm³/mol. The number of carbonyl (C=O) groups is 2. The number of rotatable bonds is 4. The summed E-state index contributed by atoms with van der Waals surface area (Å²) in [4.78, 5) is 25.7. The number of anilines is 1. The van der Waals surface area contributed by atoms with Crippen molar-refractivity contribution in [2.75, 3.05) is 11.6 Å². The lowest BCUT2D eigenvalue weighted by molar-refractivity contribution is -0.138. The third-order valence-electron chi connectivity index (χ3n) is 5.59.